The van der Waals surface area contributed by atoms with Gasteiger partial charge in [0.2, 0.25) is 0 Å². The molecule has 1 aromatic carbocycles. The van der Waals surface area contributed by atoms with Crippen molar-refractivity contribution in [1.29, 1.82) is 0 Å². The predicted molar refractivity (Wildman–Crippen MR) is 96.0 cm³/mol. The van der Waals surface area contributed by atoms with E-state index in [0.717, 1.165) is 25.2 Å². The Bertz CT molecular complexity index is 720. The number of carbonyl (C=O) groups is 1. The highest BCUT2D eigenvalue weighted by Gasteiger charge is 2.24. The second-order valence-electron chi connectivity index (χ2n) is 6.93. The van der Waals surface area contributed by atoms with Crippen LogP contribution in [0.4, 0.5) is 14.9 Å². The summed E-state index contributed by atoms with van der Waals surface area (Å²) in [6.45, 7) is 6.62. The minimum Gasteiger partial charge on any atom is -0.334 e. The molecule has 0 radical (unpaired) electrons. The number of likely N-dealkylation sites (tertiary alicyclic amines) is 1. The van der Waals surface area contributed by atoms with E-state index in [1.807, 2.05) is 12.4 Å². The summed E-state index contributed by atoms with van der Waals surface area (Å²) in [4.78, 5) is 18.5. The molecule has 1 N–H and O–H groups in total. The van der Waals surface area contributed by atoms with Gasteiger partial charge < -0.3 is 14.8 Å². The Balaban J connectivity index is 1.52. The molecule has 2 heterocycles. The Labute approximate surface area is 147 Å². The van der Waals surface area contributed by atoms with Gasteiger partial charge in [0.25, 0.3) is 0 Å². The van der Waals surface area contributed by atoms with Crippen molar-refractivity contribution in [3.05, 3.63) is 48.3 Å². The molecule has 2 amide bonds. The molecule has 134 valence electrons. The highest BCUT2D eigenvalue weighted by molar-refractivity contribution is 5.89. The summed E-state index contributed by atoms with van der Waals surface area (Å²) in [5, 5.41) is 2.66. The second-order valence-corrected chi connectivity index (χ2v) is 6.93. The van der Waals surface area contributed by atoms with Crippen molar-refractivity contribution < 1.29 is 9.18 Å². The number of nitrogens with zero attached hydrogens (tertiary/aromatic N) is 3. The normalized spacial score (nSPS) is 15.6. The lowest BCUT2D eigenvalue weighted by atomic mass is 9.96. The van der Waals surface area contributed by atoms with E-state index in [9.17, 15) is 9.18 Å². The molecule has 2 aromatic rings. The van der Waals surface area contributed by atoms with Crippen LogP contribution in [0.25, 0.3) is 0 Å². The zero-order valence-electron chi connectivity index (χ0n) is 14.8. The summed E-state index contributed by atoms with van der Waals surface area (Å²) in [5.41, 5.74) is 0.231. The van der Waals surface area contributed by atoms with E-state index in [0.29, 0.717) is 24.9 Å². The van der Waals surface area contributed by atoms with Crippen LogP contribution in [0.5, 0.6) is 0 Å². The van der Waals surface area contributed by atoms with Gasteiger partial charge in [-0.1, -0.05) is 26.0 Å². The molecule has 0 aliphatic carbocycles. The number of hydrogen-bond donors (Lipinski definition) is 1. The molecule has 1 aliphatic heterocycles. The largest absolute Gasteiger partial charge is 0.334 e. The quantitative estimate of drug-likeness (QED) is 0.908. The SMILES string of the molecule is CC(C)c1nccn1CC1CCN(C(=O)Nc2ccccc2F)CC1. The van der Waals surface area contributed by atoms with Gasteiger partial charge in [-0.05, 0) is 30.9 Å². The van der Waals surface area contributed by atoms with E-state index in [2.05, 4.69) is 28.7 Å². The first-order valence-corrected chi connectivity index (χ1v) is 8.86. The number of benzene rings is 1. The highest BCUT2D eigenvalue weighted by Crippen LogP contribution is 2.22. The van der Waals surface area contributed by atoms with E-state index >= 15 is 0 Å². The van der Waals surface area contributed by atoms with Crippen LogP contribution in [0.3, 0.4) is 0 Å². The Kier molecular flexibility index (Phi) is 5.36. The molecule has 3 rings (SSSR count). The molecule has 1 aliphatic rings. The highest BCUT2D eigenvalue weighted by atomic mass is 19.1. The number of anilines is 1. The minimum atomic E-state index is -0.410. The molecule has 1 saturated heterocycles. The van der Waals surface area contributed by atoms with E-state index in [4.69, 9.17) is 0 Å². The topological polar surface area (TPSA) is 50.2 Å². The number of hydrogen-bond acceptors (Lipinski definition) is 2. The lowest BCUT2D eigenvalue weighted by Gasteiger charge is -2.32. The molecule has 5 nitrogen and oxygen atoms in total. The zero-order valence-corrected chi connectivity index (χ0v) is 14.8. The molecule has 0 unspecified atom stereocenters. The lowest BCUT2D eigenvalue weighted by molar-refractivity contribution is 0.176. The van der Waals surface area contributed by atoms with E-state index in [1.165, 1.54) is 6.07 Å². The molecule has 0 atom stereocenters. The predicted octanol–water partition coefficient (Wildman–Crippen LogP) is 4.09. The van der Waals surface area contributed by atoms with Gasteiger partial charge in [-0.3, -0.25) is 0 Å². The molecular formula is C19H25FN4O. The number of imidazole rings is 1. The van der Waals surface area contributed by atoms with Crippen molar-refractivity contribution in [2.45, 2.75) is 39.2 Å². The van der Waals surface area contributed by atoms with Gasteiger partial charge in [0, 0.05) is 37.9 Å². The van der Waals surface area contributed by atoms with Gasteiger partial charge in [-0.15, -0.1) is 0 Å². The van der Waals surface area contributed by atoms with Crippen LogP contribution in [0.15, 0.2) is 36.7 Å². The number of aromatic nitrogens is 2. The number of rotatable bonds is 4. The zero-order chi connectivity index (χ0) is 17.8. The van der Waals surface area contributed by atoms with Crippen LogP contribution in [0, 0.1) is 11.7 Å². The van der Waals surface area contributed by atoms with E-state index < -0.39 is 5.82 Å². The minimum absolute atomic E-state index is 0.228. The summed E-state index contributed by atoms with van der Waals surface area (Å²) in [6.07, 6.45) is 5.78. The van der Waals surface area contributed by atoms with Gasteiger partial charge in [-0.25, -0.2) is 14.2 Å². The summed E-state index contributed by atoms with van der Waals surface area (Å²) < 4.78 is 15.9. The van der Waals surface area contributed by atoms with Gasteiger partial charge in [0.1, 0.15) is 11.6 Å². The smallest absolute Gasteiger partial charge is 0.321 e. The Hall–Kier alpha value is -2.37. The molecule has 0 spiro atoms. The van der Waals surface area contributed by atoms with Crippen molar-refractivity contribution in [3.8, 4) is 0 Å². The molecule has 0 bridgehead atoms. The fourth-order valence-electron chi connectivity index (χ4n) is 3.33. The Morgan fingerprint density at radius 1 is 1.32 bits per heavy atom. The molecule has 6 heteroatoms. The van der Waals surface area contributed by atoms with Crippen molar-refractivity contribution in [3.63, 3.8) is 0 Å². The van der Waals surface area contributed by atoms with E-state index in [-0.39, 0.29) is 11.7 Å². The first-order chi connectivity index (χ1) is 12.0. The molecule has 25 heavy (non-hydrogen) atoms. The lowest BCUT2D eigenvalue weighted by Crippen LogP contribution is -2.41. The van der Waals surface area contributed by atoms with Crippen LogP contribution in [0.2, 0.25) is 0 Å². The fourth-order valence-corrected chi connectivity index (χ4v) is 3.33. The maximum atomic E-state index is 13.7. The summed E-state index contributed by atoms with van der Waals surface area (Å²) >= 11 is 0. The van der Waals surface area contributed by atoms with Crippen molar-refractivity contribution >= 4 is 11.7 Å². The molecular weight excluding hydrogens is 319 g/mol. The van der Waals surface area contributed by atoms with Gasteiger partial charge >= 0.3 is 6.03 Å². The number of amides is 2. The van der Waals surface area contributed by atoms with E-state index in [1.54, 1.807) is 23.1 Å². The average Bonchev–Trinajstić information content (AvgIpc) is 3.06. The van der Waals surface area contributed by atoms with Gasteiger partial charge in [0.05, 0.1) is 5.69 Å². The van der Waals surface area contributed by atoms with Crippen LogP contribution in [-0.2, 0) is 6.54 Å². The van der Waals surface area contributed by atoms with Crippen LogP contribution in [-0.4, -0.2) is 33.6 Å². The molecule has 0 saturated carbocycles. The third-order valence-electron chi connectivity index (χ3n) is 4.74. The monoisotopic (exact) mass is 344 g/mol. The van der Waals surface area contributed by atoms with Gasteiger partial charge in [-0.2, -0.15) is 0 Å². The third-order valence-corrected chi connectivity index (χ3v) is 4.74. The first kappa shape index (κ1) is 17.5. The van der Waals surface area contributed by atoms with Crippen molar-refractivity contribution in [2.24, 2.45) is 5.92 Å². The van der Waals surface area contributed by atoms with Crippen molar-refractivity contribution in [2.75, 3.05) is 18.4 Å². The summed E-state index contributed by atoms with van der Waals surface area (Å²) in [5.74, 6) is 1.64. The summed E-state index contributed by atoms with van der Waals surface area (Å²) in [7, 11) is 0. The fraction of sp³-hybridized carbons (Fsp3) is 0.474. The standard InChI is InChI=1S/C19H25FN4O/c1-14(2)18-21-9-12-24(18)13-15-7-10-23(11-8-15)19(25)22-17-6-4-3-5-16(17)20/h3-6,9,12,14-15H,7-8,10-11,13H2,1-2H3,(H,22,25). The number of carbonyl (C=O) groups excluding carboxylic acids is 1. The van der Waals surface area contributed by atoms with Gasteiger partial charge in [0.15, 0.2) is 0 Å². The number of piperidine rings is 1. The summed E-state index contributed by atoms with van der Waals surface area (Å²) in [6, 6.07) is 6.01. The number of urea groups is 1. The van der Waals surface area contributed by atoms with Crippen LogP contribution in [0.1, 0.15) is 38.4 Å². The van der Waals surface area contributed by atoms with Crippen LogP contribution < -0.4 is 5.32 Å². The molecule has 1 aromatic heterocycles. The average molecular weight is 344 g/mol. The van der Waals surface area contributed by atoms with Crippen LogP contribution >= 0.6 is 0 Å². The number of nitrogens with one attached hydrogen (secondary N) is 1. The van der Waals surface area contributed by atoms with Crippen molar-refractivity contribution in [1.82, 2.24) is 14.5 Å². The number of halogens is 1. The Morgan fingerprint density at radius 3 is 2.72 bits per heavy atom. The Morgan fingerprint density at radius 2 is 2.04 bits per heavy atom. The number of para-hydroxylation sites is 1. The maximum absolute atomic E-state index is 13.7. The third kappa shape index (κ3) is 4.18. The maximum Gasteiger partial charge on any atom is 0.321 e. The molecule has 1 fully saturated rings. The first-order valence-electron chi connectivity index (χ1n) is 8.86. The second kappa shape index (κ2) is 7.68.